The SMILES string of the molecule is C#CCOc1c(I)cc(/C=C2/C(=O)NN(c3ccccc3)C2=O)cc1I. The largest absolute Gasteiger partial charge is 0.479 e. The van der Waals surface area contributed by atoms with Gasteiger partial charge >= 0.3 is 0 Å². The number of terminal acetylenes is 1. The Hall–Kier alpha value is -2.06. The van der Waals surface area contributed by atoms with Gasteiger partial charge in [0, 0.05) is 0 Å². The molecule has 0 aromatic heterocycles. The summed E-state index contributed by atoms with van der Waals surface area (Å²) in [6.45, 7) is 0.180. The quantitative estimate of drug-likeness (QED) is 0.266. The van der Waals surface area contributed by atoms with Crippen LogP contribution < -0.4 is 15.2 Å². The number of carbonyl (C=O) groups is 2. The maximum absolute atomic E-state index is 12.6. The number of amides is 2. The van der Waals surface area contributed by atoms with Gasteiger partial charge in [0.25, 0.3) is 11.8 Å². The summed E-state index contributed by atoms with van der Waals surface area (Å²) in [6.07, 6.45) is 6.81. The Balaban J connectivity index is 1.92. The summed E-state index contributed by atoms with van der Waals surface area (Å²) in [5.74, 6) is 2.30. The second kappa shape index (κ2) is 8.09. The molecule has 1 aliphatic heterocycles. The van der Waals surface area contributed by atoms with E-state index in [0.717, 1.165) is 12.7 Å². The summed E-state index contributed by atoms with van der Waals surface area (Å²) in [7, 11) is 0. The predicted octanol–water partition coefficient (Wildman–Crippen LogP) is 3.37. The molecule has 3 rings (SSSR count). The van der Waals surface area contributed by atoms with Crippen molar-refractivity contribution in [1.29, 1.82) is 0 Å². The molecular formula is C19H12I2N2O3. The summed E-state index contributed by atoms with van der Waals surface area (Å²) >= 11 is 4.28. The molecule has 1 N–H and O–H groups in total. The first-order chi connectivity index (χ1) is 12.5. The van der Waals surface area contributed by atoms with Crippen LogP contribution >= 0.6 is 45.2 Å². The van der Waals surface area contributed by atoms with Crippen molar-refractivity contribution >= 4 is 68.8 Å². The number of ether oxygens (including phenoxy) is 1. The fraction of sp³-hybridized carbons (Fsp3) is 0.0526. The Morgan fingerprint density at radius 3 is 2.42 bits per heavy atom. The van der Waals surface area contributed by atoms with Crippen molar-refractivity contribution in [3.63, 3.8) is 0 Å². The van der Waals surface area contributed by atoms with Crippen molar-refractivity contribution < 1.29 is 14.3 Å². The molecule has 2 amide bonds. The third-order valence-corrected chi connectivity index (χ3v) is 5.14. The fourth-order valence-corrected chi connectivity index (χ4v) is 4.53. The highest BCUT2D eigenvalue weighted by molar-refractivity contribution is 14.1. The minimum atomic E-state index is -0.434. The highest BCUT2D eigenvalue weighted by Crippen LogP contribution is 2.30. The fourth-order valence-electron chi connectivity index (χ4n) is 2.40. The summed E-state index contributed by atoms with van der Waals surface area (Å²) in [4.78, 5) is 24.9. The third kappa shape index (κ3) is 3.86. The monoisotopic (exact) mass is 570 g/mol. The smallest absolute Gasteiger partial charge is 0.282 e. The van der Waals surface area contributed by atoms with Gasteiger partial charge in [0.2, 0.25) is 0 Å². The first-order valence-electron chi connectivity index (χ1n) is 7.48. The normalized spacial score (nSPS) is 15.1. The molecule has 0 atom stereocenters. The standard InChI is InChI=1S/C19H12I2N2O3/c1-2-8-26-17-15(20)10-12(11-16(17)21)9-14-18(24)22-23(19(14)25)13-6-4-3-5-7-13/h1,3-7,9-11H,8H2,(H,22,24)/b14-9-. The second-order valence-electron chi connectivity index (χ2n) is 5.28. The van der Waals surface area contributed by atoms with Gasteiger partial charge in [-0.15, -0.1) is 6.42 Å². The summed E-state index contributed by atoms with van der Waals surface area (Å²) < 4.78 is 7.23. The van der Waals surface area contributed by atoms with Gasteiger partial charge in [-0.05, 0) is 81.1 Å². The van der Waals surface area contributed by atoms with Crippen LogP contribution in [0.15, 0.2) is 48.0 Å². The van der Waals surface area contributed by atoms with Crippen molar-refractivity contribution in [2.75, 3.05) is 11.6 Å². The molecular weight excluding hydrogens is 558 g/mol. The molecule has 1 aliphatic rings. The summed E-state index contributed by atoms with van der Waals surface area (Å²) in [6, 6.07) is 12.6. The van der Waals surface area contributed by atoms with E-state index in [2.05, 4.69) is 56.5 Å². The first-order valence-corrected chi connectivity index (χ1v) is 9.64. The van der Waals surface area contributed by atoms with E-state index < -0.39 is 5.91 Å². The number of halogens is 2. The first kappa shape index (κ1) is 18.7. The minimum Gasteiger partial charge on any atom is -0.479 e. The van der Waals surface area contributed by atoms with Crippen molar-refractivity contribution in [3.8, 4) is 18.1 Å². The average Bonchev–Trinajstić information content (AvgIpc) is 2.90. The van der Waals surface area contributed by atoms with E-state index in [1.54, 1.807) is 30.3 Å². The maximum atomic E-state index is 12.6. The Bertz CT molecular complexity index is 926. The van der Waals surface area contributed by atoms with E-state index in [1.807, 2.05) is 18.2 Å². The Labute approximate surface area is 178 Å². The zero-order valence-corrected chi connectivity index (χ0v) is 17.6. The number of rotatable bonds is 4. The van der Waals surface area contributed by atoms with E-state index in [4.69, 9.17) is 11.2 Å². The second-order valence-corrected chi connectivity index (χ2v) is 7.61. The molecule has 2 aromatic rings. The molecule has 2 aromatic carbocycles. The van der Waals surface area contributed by atoms with Crippen LogP contribution in [0.3, 0.4) is 0 Å². The number of para-hydroxylation sites is 1. The lowest BCUT2D eigenvalue weighted by molar-refractivity contribution is -0.117. The Morgan fingerprint density at radius 2 is 1.81 bits per heavy atom. The lowest BCUT2D eigenvalue weighted by Crippen LogP contribution is -2.35. The molecule has 26 heavy (non-hydrogen) atoms. The molecule has 7 heteroatoms. The van der Waals surface area contributed by atoms with Gasteiger partial charge in [-0.1, -0.05) is 24.1 Å². The molecule has 1 heterocycles. The minimum absolute atomic E-state index is 0.0812. The average molecular weight is 570 g/mol. The number of nitrogens with one attached hydrogen (secondary N) is 1. The molecule has 5 nitrogen and oxygen atoms in total. The topological polar surface area (TPSA) is 58.6 Å². The number of nitrogens with zero attached hydrogens (tertiary/aromatic N) is 1. The number of hydrogen-bond acceptors (Lipinski definition) is 3. The highest BCUT2D eigenvalue weighted by Gasteiger charge is 2.34. The molecule has 130 valence electrons. The van der Waals surface area contributed by atoms with Gasteiger partial charge in [-0.2, -0.15) is 0 Å². The van der Waals surface area contributed by atoms with Crippen molar-refractivity contribution in [3.05, 3.63) is 60.7 Å². The zero-order chi connectivity index (χ0) is 18.7. The Kier molecular flexibility index (Phi) is 5.83. The molecule has 0 saturated carbocycles. The van der Waals surface area contributed by atoms with Gasteiger partial charge in [-0.25, -0.2) is 5.01 Å². The van der Waals surface area contributed by atoms with Gasteiger partial charge in [-0.3, -0.25) is 15.0 Å². The van der Waals surface area contributed by atoms with Crippen molar-refractivity contribution in [2.24, 2.45) is 0 Å². The van der Waals surface area contributed by atoms with Gasteiger partial charge in [0.15, 0.2) is 0 Å². The van der Waals surface area contributed by atoms with Gasteiger partial charge in [0.05, 0.1) is 12.8 Å². The zero-order valence-electron chi connectivity index (χ0n) is 13.3. The maximum Gasteiger partial charge on any atom is 0.282 e. The Morgan fingerprint density at radius 1 is 1.15 bits per heavy atom. The van der Waals surface area contributed by atoms with Crippen LogP contribution in [0.1, 0.15) is 5.56 Å². The molecule has 1 saturated heterocycles. The van der Waals surface area contributed by atoms with Crippen LogP contribution in [0.25, 0.3) is 6.08 Å². The van der Waals surface area contributed by atoms with Crippen LogP contribution in [-0.2, 0) is 9.59 Å². The van der Waals surface area contributed by atoms with Crippen LogP contribution in [0.4, 0.5) is 5.69 Å². The van der Waals surface area contributed by atoms with E-state index in [-0.39, 0.29) is 18.1 Å². The molecule has 0 bridgehead atoms. The molecule has 0 unspecified atom stereocenters. The van der Waals surface area contributed by atoms with E-state index in [9.17, 15) is 9.59 Å². The third-order valence-electron chi connectivity index (χ3n) is 3.54. The van der Waals surface area contributed by atoms with E-state index >= 15 is 0 Å². The lowest BCUT2D eigenvalue weighted by Gasteiger charge is -2.13. The molecule has 0 aliphatic carbocycles. The number of anilines is 1. The summed E-state index contributed by atoms with van der Waals surface area (Å²) in [5, 5.41) is 1.24. The van der Waals surface area contributed by atoms with E-state index in [1.165, 1.54) is 5.01 Å². The number of benzene rings is 2. The van der Waals surface area contributed by atoms with Crippen LogP contribution in [0, 0.1) is 19.5 Å². The van der Waals surface area contributed by atoms with E-state index in [0.29, 0.717) is 11.4 Å². The molecule has 1 fully saturated rings. The van der Waals surface area contributed by atoms with Gasteiger partial charge in [0.1, 0.15) is 17.9 Å². The van der Waals surface area contributed by atoms with Crippen LogP contribution in [-0.4, -0.2) is 18.4 Å². The lowest BCUT2D eigenvalue weighted by atomic mass is 10.1. The molecule has 0 spiro atoms. The highest BCUT2D eigenvalue weighted by atomic mass is 127. The summed E-state index contributed by atoms with van der Waals surface area (Å²) in [5.41, 5.74) is 4.01. The predicted molar refractivity (Wildman–Crippen MR) is 116 cm³/mol. The van der Waals surface area contributed by atoms with Gasteiger partial charge < -0.3 is 4.74 Å². The number of carbonyl (C=O) groups excluding carboxylic acids is 2. The van der Waals surface area contributed by atoms with Crippen LogP contribution in [0.2, 0.25) is 0 Å². The number of hydrazine groups is 1. The van der Waals surface area contributed by atoms with Crippen LogP contribution in [0.5, 0.6) is 5.75 Å². The molecule has 0 radical (unpaired) electrons. The number of hydrogen-bond donors (Lipinski definition) is 1. The van der Waals surface area contributed by atoms with Crippen molar-refractivity contribution in [1.82, 2.24) is 5.43 Å². The van der Waals surface area contributed by atoms with Crippen molar-refractivity contribution in [2.45, 2.75) is 0 Å².